The topological polar surface area (TPSA) is 87.7 Å². The highest BCUT2D eigenvalue weighted by atomic mass is 32.2. The van der Waals surface area contributed by atoms with Crippen LogP contribution in [-0.4, -0.2) is 156 Å². The molecular formula is C33H68N6O4S2. The van der Waals surface area contributed by atoms with Crippen molar-refractivity contribution in [2.45, 2.75) is 142 Å². The smallest absolute Gasteiger partial charge is 0.218 e. The molecule has 4 aliphatic heterocycles. The van der Waals surface area contributed by atoms with Crippen molar-refractivity contribution in [2.24, 2.45) is 0 Å². The minimum Gasteiger partial charge on any atom is -0.297 e. The van der Waals surface area contributed by atoms with Crippen LogP contribution in [0.15, 0.2) is 0 Å². The third-order valence-corrected chi connectivity index (χ3v) is 15.2. The first-order chi connectivity index (χ1) is 20.3. The summed E-state index contributed by atoms with van der Waals surface area (Å²) in [6.07, 6.45) is 1.52. The van der Waals surface area contributed by atoms with E-state index >= 15 is 0 Å². The molecule has 3 atom stereocenters. The van der Waals surface area contributed by atoms with Crippen molar-refractivity contribution in [3.05, 3.63) is 0 Å². The lowest BCUT2D eigenvalue weighted by Gasteiger charge is -2.45. The summed E-state index contributed by atoms with van der Waals surface area (Å²) >= 11 is 0. The minimum absolute atomic E-state index is 0.0425. The molecule has 0 aliphatic carbocycles. The Kier molecular flexibility index (Phi) is 12.1. The fourth-order valence-electron chi connectivity index (χ4n) is 7.11. The van der Waals surface area contributed by atoms with Gasteiger partial charge < -0.3 is 0 Å². The highest BCUT2D eigenvalue weighted by Crippen LogP contribution is 2.30. The molecule has 4 heterocycles. The average molecular weight is 677 g/mol. The van der Waals surface area contributed by atoms with E-state index in [4.69, 9.17) is 0 Å². The van der Waals surface area contributed by atoms with Crippen LogP contribution in [0.1, 0.15) is 103 Å². The van der Waals surface area contributed by atoms with Gasteiger partial charge in [-0.1, -0.05) is 0 Å². The van der Waals surface area contributed by atoms with Gasteiger partial charge in [0.1, 0.15) is 0 Å². The van der Waals surface area contributed by atoms with E-state index in [1.807, 2.05) is 6.92 Å². The third kappa shape index (κ3) is 9.64. The average Bonchev–Trinajstić information content (AvgIpc) is 3.59. The summed E-state index contributed by atoms with van der Waals surface area (Å²) in [5.41, 5.74) is 0.308. The number of nitrogens with zero attached hydrogens (tertiary/aromatic N) is 6. The van der Waals surface area contributed by atoms with Crippen LogP contribution < -0.4 is 0 Å². The Labute approximate surface area is 277 Å². The maximum atomic E-state index is 13.1. The van der Waals surface area contributed by atoms with Gasteiger partial charge in [0.15, 0.2) is 0 Å². The number of hydrogen-bond acceptors (Lipinski definition) is 8. The number of hydrogen-bond donors (Lipinski definition) is 0. The molecule has 0 radical (unpaired) electrons. The van der Waals surface area contributed by atoms with E-state index in [-0.39, 0.29) is 38.7 Å². The Balaban J connectivity index is 0.000000246. The number of likely N-dealkylation sites (tertiary alicyclic amines) is 2. The number of sulfonamides is 2. The van der Waals surface area contributed by atoms with E-state index in [9.17, 15) is 16.8 Å². The van der Waals surface area contributed by atoms with Crippen LogP contribution in [0.2, 0.25) is 0 Å². The van der Waals surface area contributed by atoms with Gasteiger partial charge in [-0.25, -0.2) is 16.8 Å². The van der Waals surface area contributed by atoms with Gasteiger partial charge in [-0.3, -0.25) is 19.6 Å². The number of piperazine rings is 2. The van der Waals surface area contributed by atoms with Crippen molar-refractivity contribution in [1.29, 1.82) is 0 Å². The van der Waals surface area contributed by atoms with E-state index in [2.05, 4.69) is 103 Å². The lowest BCUT2D eigenvalue weighted by atomic mass is 10.0. The highest BCUT2D eigenvalue weighted by Gasteiger charge is 2.44. The van der Waals surface area contributed by atoms with E-state index in [1.165, 1.54) is 0 Å². The molecule has 12 heteroatoms. The second kappa shape index (κ2) is 13.9. The SMILES string of the molecule is CC(C)(C)N1CCN(S(=O)(=O)C2CCN(C(C)(C)C)C2)CC1.CC1CN(C(C)(C)C)CCN1S(=O)(=O)C1CCN(C(C)(C)C)C1. The Morgan fingerprint density at radius 3 is 1.16 bits per heavy atom. The minimum atomic E-state index is -3.21. The molecule has 0 N–H and O–H groups in total. The van der Waals surface area contributed by atoms with Crippen LogP contribution in [0.25, 0.3) is 0 Å². The number of rotatable bonds is 4. The molecule has 10 nitrogen and oxygen atoms in total. The summed E-state index contributed by atoms with van der Waals surface area (Å²) in [6.45, 7) is 36.4. The molecule has 4 fully saturated rings. The Morgan fingerprint density at radius 2 is 0.800 bits per heavy atom. The molecule has 3 unspecified atom stereocenters. The summed E-state index contributed by atoms with van der Waals surface area (Å²) in [5.74, 6) is 0. The fraction of sp³-hybridized carbons (Fsp3) is 1.00. The van der Waals surface area contributed by atoms with Crippen molar-refractivity contribution in [3.63, 3.8) is 0 Å². The summed E-state index contributed by atoms with van der Waals surface area (Å²) < 4.78 is 55.5. The maximum Gasteiger partial charge on any atom is 0.218 e. The Morgan fingerprint density at radius 1 is 0.444 bits per heavy atom. The molecule has 0 aromatic carbocycles. The lowest BCUT2D eigenvalue weighted by molar-refractivity contribution is 0.0644. The first kappa shape index (κ1) is 39.1. The van der Waals surface area contributed by atoms with E-state index in [0.29, 0.717) is 32.7 Å². The van der Waals surface area contributed by atoms with Gasteiger partial charge in [-0.2, -0.15) is 8.61 Å². The zero-order valence-corrected chi connectivity index (χ0v) is 32.7. The zero-order valence-electron chi connectivity index (χ0n) is 31.1. The summed E-state index contributed by atoms with van der Waals surface area (Å²) in [4.78, 5) is 9.35. The third-order valence-electron chi connectivity index (χ3n) is 10.4. The van der Waals surface area contributed by atoms with Crippen molar-refractivity contribution in [1.82, 2.24) is 28.2 Å². The fourth-order valence-corrected chi connectivity index (χ4v) is 11.0. The van der Waals surface area contributed by atoms with Crippen LogP contribution in [0.5, 0.6) is 0 Å². The summed E-state index contributed by atoms with van der Waals surface area (Å²) in [6, 6.07) is 0.0525. The van der Waals surface area contributed by atoms with Gasteiger partial charge in [0.2, 0.25) is 20.0 Å². The molecule has 0 aromatic rings. The van der Waals surface area contributed by atoms with Crippen molar-refractivity contribution >= 4 is 20.0 Å². The molecular weight excluding hydrogens is 609 g/mol. The van der Waals surface area contributed by atoms with Crippen LogP contribution in [-0.2, 0) is 20.0 Å². The van der Waals surface area contributed by atoms with Crippen LogP contribution >= 0.6 is 0 Å². The Bertz CT molecular complexity index is 1190. The predicted molar refractivity (Wildman–Crippen MR) is 188 cm³/mol. The van der Waals surface area contributed by atoms with Crippen molar-refractivity contribution in [3.8, 4) is 0 Å². The standard InChI is InChI=1S/C17H35N3O2S.C16H33N3O2S/c1-14-12-19(17(5,6)7)10-11-20(14)23(21,22)15-8-9-18(13-15)16(2,3)4;1-15(2,3)17-9-11-19(12-10-17)22(20,21)14-7-8-18(13-14)16(4,5)6/h14-15H,8-13H2,1-7H3;14H,7-13H2,1-6H3. The van der Waals surface area contributed by atoms with E-state index < -0.39 is 20.0 Å². The molecule has 45 heavy (non-hydrogen) atoms. The van der Waals surface area contributed by atoms with Crippen LogP contribution in [0.4, 0.5) is 0 Å². The van der Waals surface area contributed by atoms with Crippen molar-refractivity contribution < 1.29 is 16.8 Å². The quantitative estimate of drug-likeness (QED) is 0.447. The molecule has 0 amide bonds. The second-order valence-electron chi connectivity index (χ2n) is 17.8. The van der Waals surface area contributed by atoms with Gasteiger partial charge in [0.05, 0.1) is 10.5 Å². The predicted octanol–water partition coefficient (Wildman–Crippen LogP) is 3.60. The first-order valence-electron chi connectivity index (χ1n) is 17.3. The summed E-state index contributed by atoms with van der Waals surface area (Å²) in [5, 5.41) is -0.474. The molecule has 4 saturated heterocycles. The van der Waals surface area contributed by atoms with Crippen molar-refractivity contribution in [2.75, 3.05) is 72.0 Å². The second-order valence-corrected chi connectivity index (χ2v) is 22.2. The monoisotopic (exact) mass is 676 g/mol. The molecule has 0 aromatic heterocycles. The van der Waals surface area contributed by atoms with Gasteiger partial charge in [0.25, 0.3) is 0 Å². The molecule has 0 spiro atoms. The van der Waals surface area contributed by atoms with E-state index in [1.54, 1.807) is 8.61 Å². The van der Waals surface area contributed by atoms with Gasteiger partial charge in [0, 0.05) is 100 Å². The molecule has 0 bridgehead atoms. The first-order valence-corrected chi connectivity index (χ1v) is 20.3. The lowest BCUT2D eigenvalue weighted by Crippen LogP contribution is -2.60. The van der Waals surface area contributed by atoms with Gasteiger partial charge in [-0.15, -0.1) is 0 Å². The molecule has 0 saturated carbocycles. The van der Waals surface area contributed by atoms with Crippen LogP contribution in [0, 0.1) is 0 Å². The van der Waals surface area contributed by atoms with E-state index in [0.717, 1.165) is 52.1 Å². The van der Waals surface area contributed by atoms with Crippen LogP contribution in [0.3, 0.4) is 0 Å². The van der Waals surface area contributed by atoms with Gasteiger partial charge >= 0.3 is 0 Å². The maximum absolute atomic E-state index is 13.1. The normalized spacial score (nSPS) is 28.8. The summed E-state index contributed by atoms with van der Waals surface area (Å²) in [7, 11) is -6.37. The molecule has 266 valence electrons. The van der Waals surface area contributed by atoms with Gasteiger partial charge in [-0.05, 0) is 103 Å². The zero-order chi connectivity index (χ0) is 34.4. The molecule has 4 aliphatic rings. The Hall–Kier alpha value is -0.340. The largest absolute Gasteiger partial charge is 0.297 e. The highest BCUT2D eigenvalue weighted by molar-refractivity contribution is 7.90. The molecule has 4 rings (SSSR count).